The summed E-state index contributed by atoms with van der Waals surface area (Å²) in [5, 5.41) is 2.44. The Bertz CT molecular complexity index is 232. The molecule has 1 aliphatic heterocycles. The van der Waals surface area contributed by atoms with Gasteiger partial charge in [-0.3, -0.25) is 4.79 Å². The molecule has 1 amide bonds. The van der Waals surface area contributed by atoms with Crippen LogP contribution in [0, 0.1) is 0 Å². The monoisotopic (exact) mass is 155 g/mol. The van der Waals surface area contributed by atoms with Crippen LogP contribution in [0.4, 0.5) is 0 Å². The lowest BCUT2D eigenvalue weighted by Gasteiger charge is -2.07. The second-order valence-electron chi connectivity index (χ2n) is 2.38. The maximum atomic E-state index is 10.7. The minimum Gasteiger partial charge on any atom is -0.435 e. The zero-order valence-corrected chi connectivity index (χ0v) is 6.38. The van der Waals surface area contributed by atoms with Crippen molar-refractivity contribution in [1.29, 1.82) is 0 Å². The van der Waals surface area contributed by atoms with Crippen molar-refractivity contribution in [2.45, 2.75) is 20.1 Å². The molecule has 0 fully saturated rings. The molecule has 0 saturated heterocycles. The second-order valence-corrected chi connectivity index (χ2v) is 2.38. The van der Waals surface area contributed by atoms with Gasteiger partial charge in [0.1, 0.15) is 0 Å². The molecule has 0 saturated carbocycles. The summed E-state index contributed by atoms with van der Waals surface area (Å²) >= 11 is 0. The molecule has 0 aromatic carbocycles. The molecular formula is C7H9NO3. The number of ether oxygens (including phenoxy) is 1. The molecular weight excluding hydrogens is 146 g/mol. The van der Waals surface area contributed by atoms with Gasteiger partial charge < -0.3 is 10.1 Å². The highest BCUT2D eigenvalue weighted by Crippen LogP contribution is 2.09. The van der Waals surface area contributed by atoms with Crippen molar-refractivity contribution >= 4 is 11.9 Å². The average Bonchev–Trinajstić information content (AvgIpc) is 2.10. The minimum atomic E-state index is -0.569. The van der Waals surface area contributed by atoms with Crippen molar-refractivity contribution in [3.8, 4) is 0 Å². The first-order valence-electron chi connectivity index (χ1n) is 3.26. The van der Waals surface area contributed by atoms with E-state index < -0.39 is 6.23 Å². The van der Waals surface area contributed by atoms with Crippen LogP contribution in [0.3, 0.4) is 0 Å². The number of amides is 1. The number of hydrogen-bond acceptors (Lipinski definition) is 3. The summed E-state index contributed by atoms with van der Waals surface area (Å²) < 4.78 is 4.72. The molecule has 1 aliphatic rings. The topological polar surface area (TPSA) is 55.4 Å². The summed E-state index contributed by atoms with van der Waals surface area (Å²) in [5.41, 5.74) is 0.531. The van der Waals surface area contributed by atoms with Gasteiger partial charge in [-0.15, -0.1) is 0 Å². The smallest absolute Gasteiger partial charge is 0.335 e. The number of cyclic esters (lactones) is 1. The summed E-state index contributed by atoms with van der Waals surface area (Å²) in [6, 6.07) is 0. The Hall–Kier alpha value is -1.32. The minimum absolute atomic E-state index is 0.214. The first-order valence-corrected chi connectivity index (χ1v) is 3.26. The number of nitrogens with one attached hydrogen (secondary N) is 1. The molecule has 11 heavy (non-hydrogen) atoms. The highest BCUT2D eigenvalue weighted by atomic mass is 16.6. The first-order chi connectivity index (χ1) is 5.09. The van der Waals surface area contributed by atoms with Gasteiger partial charge in [0.05, 0.1) is 0 Å². The molecule has 4 heteroatoms. The Balaban J connectivity index is 2.54. The van der Waals surface area contributed by atoms with E-state index >= 15 is 0 Å². The van der Waals surface area contributed by atoms with Gasteiger partial charge in [0, 0.05) is 12.5 Å². The quantitative estimate of drug-likeness (QED) is 0.540. The molecule has 1 N–H and O–H groups in total. The second kappa shape index (κ2) is 2.74. The number of carbonyl (C=O) groups excluding carboxylic acids is 2. The summed E-state index contributed by atoms with van der Waals surface area (Å²) in [4.78, 5) is 21.2. The van der Waals surface area contributed by atoms with Crippen molar-refractivity contribution in [2.75, 3.05) is 0 Å². The Morgan fingerprint density at radius 2 is 2.36 bits per heavy atom. The van der Waals surface area contributed by atoms with Crippen molar-refractivity contribution in [3.05, 3.63) is 11.6 Å². The van der Waals surface area contributed by atoms with E-state index in [1.165, 1.54) is 6.92 Å². The average molecular weight is 155 g/mol. The van der Waals surface area contributed by atoms with Gasteiger partial charge >= 0.3 is 5.97 Å². The summed E-state index contributed by atoms with van der Waals surface area (Å²) in [6.45, 7) is 3.01. The molecule has 1 rings (SSSR count). The summed E-state index contributed by atoms with van der Waals surface area (Å²) in [6.07, 6.45) is 1.00. The van der Waals surface area contributed by atoms with Gasteiger partial charge in [0.2, 0.25) is 5.91 Å². The molecule has 1 atom stereocenters. The molecule has 0 spiro atoms. The fraction of sp³-hybridized carbons (Fsp3) is 0.429. The van der Waals surface area contributed by atoms with Crippen LogP contribution in [0.25, 0.3) is 0 Å². The predicted molar refractivity (Wildman–Crippen MR) is 37.5 cm³/mol. The van der Waals surface area contributed by atoms with Crippen molar-refractivity contribution in [1.82, 2.24) is 5.32 Å². The third-order valence-electron chi connectivity index (χ3n) is 1.30. The van der Waals surface area contributed by atoms with Crippen molar-refractivity contribution in [2.24, 2.45) is 0 Å². The largest absolute Gasteiger partial charge is 0.435 e. The van der Waals surface area contributed by atoms with Crippen LogP contribution in [-0.4, -0.2) is 18.1 Å². The fourth-order valence-corrected chi connectivity index (χ4v) is 0.809. The van der Waals surface area contributed by atoms with Crippen LogP contribution >= 0.6 is 0 Å². The zero-order chi connectivity index (χ0) is 8.43. The van der Waals surface area contributed by atoms with E-state index in [-0.39, 0.29) is 11.9 Å². The Labute approximate surface area is 64.2 Å². The highest BCUT2D eigenvalue weighted by Gasteiger charge is 2.21. The standard InChI is InChI=1S/C7H9NO3/c1-4-3-6(8-5(2)9)11-7(4)10/h3,6H,1-2H3,(H,8,9)/t6-/m1/s1. The van der Waals surface area contributed by atoms with Gasteiger partial charge in [0.15, 0.2) is 6.23 Å². The van der Waals surface area contributed by atoms with Gasteiger partial charge in [-0.2, -0.15) is 0 Å². The molecule has 60 valence electrons. The van der Waals surface area contributed by atoms with Crippen LogP contribution in [0.2, 0.25) is 0 Å². The van der Waals surface area contributed by atoms with Crippen LogP contribution in [0.5, 0.6) is 0 Å². The number of carbonyl (C=O) groups is 2. The lowest BCUT2D eigenvalue weighted by Crippen LogP contribution is -2.32. The van der Waals surface area contributed by atoms with E-state index in [0.29, 0.717) is 5.57 Å². The molecule has 0 aromatic rings. The van der Waals surface area contributed by atoms with Crippen LogP contribution < -0.4 is 5.32 Å². The van der Waals surface area contributed by atoms with Crippen LogP contribution in [-0.2, 0) is 14.3 Å². The van der Waals surface area contributed by atoms with Gasteiger partial charge in [-0.1, -0.05) is 0 Å². The highest BCUT2D eigenvalue weighted by molar-refractivity contribution is 5.90. The van der Waals surface area contributed by atoms with E-state index in [4.69, 9.17) is 4.74 Å². The van der Waals surface area contributed by atoms with Crippen molar-refractivity contribution < 1.29 is 14.3 Å². The Morgan fingerprint density at radius 3 is 2.73 bits per heavy atom. The maximum Gasteiger partial charge on any atom is 0.335 e. The predicted octanol–water partition coefficient (Wildman–Crippen LogP) is -0.0483. The summed E-state index contributed by atoms with van der Waals surface area (Å²) in [5.74, 6) is -0.586. The normalized spacial score (nSPS) is 22.5. The molecule has 0 unspecified atom stereocenters. The fourth-order valence-electron chi connectivity index (χ4n) is 0.809. The number of rotatable bonds is 1. The van der Waals surface area contributed by atoms with Crippen LogP contribution in [0.15, 0.2) is 11.6 Å². The third kappa shape index (κ3) is 1.80. The Kier molecular flexibility index (Phi) is 1.94. The lowest BCUT2D eigenvalue weighted by atomic mass is 10.3. The zero-order valence-electron chi connectivity index (χ0n) is 6.38. The summed E-state index contributed by atoms with van der Waals surface area (Å²) in [7, 11) is 0. The van der Waals surface area contributed by atoms with Crippen molar-refractivity contribution in [3.63, 3.8) is 0 Å². The van der Waals surface area contributed by atoms with E-state index in [1.807, 2.05) is 0 Å². The van der Waals surface area contributed by atoms with Crippen LogP contribution in [0.1, 0.15) is 13.8 Å². The lowest BCUT2D eigenvalue weighted by molar-refractivity contribution is -0.141. The van der Waals surface area contributed by atoms with Gasteiger partial charge in [-0.25, -0.2) is 4.79 Å². The Morgan fingerprint density at radius 1 is 1.73 bits per heavy atom. The molecule has 4 nitrogen and oxygen atoms in total. The number of hydrogen-bond donors (Lipinski definition) is 1. The van der Waals surface area contributed by atoms with E-state index in [9.17, 15) is 9.59 Å². The SMILES string of the molecule is CC(=O)N[C@H]1C=C(C)C(=O)O1. The molecule has 0 aliphatic carbocycles. The number of esters is 1. The maximum absolute atomic E-state index is 10.7. The van der Waals surface area contributed by atoms with Gasteiger partial charge in [0.25, 0.3) is 0 Å². The first kappa shape index (κ1) is 7.78. The molecule has 0 aromatic heterocycles. The van der Waals surface area contributed by atoms with E-state index in [0.717, 1.165) is 0 Å². The van der Waals surface area contributed by atoms with E-state index in [2.05, 4.69) is 5.32 Å². The van der Waals surface area contributed by atoms with Gasteiger partial charge in [-0.05, 0) is 13.0 Å². The molecule has 1 heterocycles. The molecule has 0 bridgehead atoms. The molecule has 0 radical (unpaired) electrons. The van der Waals surface area contributed by atoms with E-state index in [1.54, 1.807) is 13.0 Å². The third-order valence-corrected chi connectivity index (χ3v) is 1.30.